The summed E-state index contributed by atoms with van der Waals surface area (Å²) in [5.41, 5.74) is 4.48. The van der Waals surface area contributed by atoms with Crippen molar-refractivity contribution in [3.05, 3.63) is 88.9 Å². The molecule has 0 radical (unpaired) electrons. The predicted molar refractivity (Wildman–Crippen MR) is 139 cm³/mol. The molecule has 0 saturated heterocycles. The van der Waals surface area contributed by atoms with Crippen molar-refractivity contribution in [3.63, 3.8) is 0 Å². The lowest BCUT2D eigenvalue weighted by molar-refractivity contribution is -0.139. The van der Waals surface area contributed by atoms with Crippen molar-refractivity contribution in [2.45, 2.75) is 18.4 Å². The summed E-state index contributed by atoms with van der Waals surface area (Å²) < 4.78 is 11.1. The largest absolute Gasteiger partial charge is 0.493 e. The summed E-state index contributed by atoms with van der Waals surface area (Å²) >= 11 is 7.41. The number of carbonyl (C=O) groups is 2. The van der Waals surface area contributed by atoms with Gasteiger partial charge in [-0.25, -0.2) is 9.59 Å². The van der Waals surface area contributed by atoms with Crippen molar-refractivity contribution < 1.29 is 24.2 Å². The van der Waals surface area contributed by atoms with Crippen LogP contribution in [0.15, 0.2) is 72.8 Å². The minimum Gasteiger partial charge on any atom is -0.493 e. The molecule has 0 spiro atoms. The molecule has 0 saturated carbocycles. The van der Waals surface area contributed by atoms with Crippen LogP contribution in [0.3, 0.4) is 0 Å². The van der Waals surface area contributed by atoms with Gasteiger partial charge in [-0.2, -0.15) is 11.8 Å². The molecule has 8 heteroatoms. The molecule has 35 heavy (non-hydrogen) atoms. The van der Waals surface area contributed by atoms with Crippen LogP contribution in [0, 0.1) is 0 Å². The Hall–Kier alpha value is -3.16. The van der Waals surface area contributed by atoms with Crippen LogP contribution in [0.25, 0.3) is 11.1 Å². The molecule has 0 heterocycles. The summed E-state index contributed by atoms with van der Waals surface area (Å²) in [4.78, 5) is 24.1. The van der Waals surface area contributed by atoms with Crippen molar-refractivity contribution in [1.29, 1.82) is 0 Å². The first-order valence-corrected chi connectivity index (χ1v) is 12.9. The minimum absolute atomic E-state index is 0.0763. The van der Waals surface area contributed by atoms with E-state index in [1.54, 1.807) is 36.0 Å². The Morgan fingerprint density at radius 3 is 2.20 bits per heavy atom. The zero-order valence-corrected chi connectivity index (χ0v) is 20.6. The average Bonchev–Trinajstić information content (AvgIpc) is 3.19. The standard InChI is InChI=1S/C27H26ClNO5S/c28-18-9-11-19(12-10-18)33-14-16-35-15-13-25(26(30)31)29-27(32)34-17-24-22-7-3-1-5-20(22)21-6-2-4-8-23(21)24/h1-12,24-25H,13-17H2,(H,29,32)(H,30,31). The second kappa shape index (κ2) is 12.0. The summed E-state index contributed by atoms with van der Waals surface area (Å²) in [7, 11) is 0. The zero-order valence-electron chi connectivity index (χ0n) is 19.0. The van der Waals surface area contributed by atoms with Gasteiger partial charge in [-0.1, -0.05) is 60.1 Å². The first kappa shape index (κ1) is 24.9. The summed E-state index contributed by atoms with van der Waals surface area (Å²) in [6.07, 6.45) is -0.444. The second-order valence-electron chi connectivity index (χ2n) is 8.06. The number of amides is 1. The molecule has 0 aliphatic heterocycles. The molecule has 3 aromatic rings. The summed E-state index contributed by atoms with van der Waals surface area (Å²) in [5, 5.41) is 12.7. The predicted octanol–water partition coefficient (Wildman–Crippen LogP) is 5.83. The zero-order chi connectivity index (χ0) is 24.6. The summed E-state index contributed by atoms with van der Waals surface area (Å²) in [6, 6.07) is 22.2. The molecule has 1 unspecified atom stereocenters. The highest BCUT2D eigenvalue weighted by Gasteiger charge is 2.29. The Labute approximate surface area is 213 Å². The van der Waals surface area contributed by atoms with Crippen LogP contribution in [-0.4, -0.2) is 47.9 Å². The van der Waals surface area contributed by atoms with Gasteiger partial charge in [0.2, 0.25) is 0 Å². The Bertz CT molecular complexity index is 1120. The Morgan fingerprint density at radius 2 is 1.57 bits per heavy atom. The number of hydrogen-bond acceptors (Lipinski definition) is 5. The van der Waals surface area contributed by atoms with E-state index in [1.807, 2.05) is 36.4 Å². The van der Waals surface area contributed by atoms with Crippen LogP contribution in [0.4, 0.5) is 4.79 Å². The lowest BCUT2D eigenvalue weighted by atomic mass is 9.98. The van der Waals surface area contributed by atoms with Gasteiger partial charge in [0.05, 0.1) is 6.61 Å². The quantitative estimate of drug-likeness (QED) is 0.315. The molecule has 0 fully saturated rings. The SMILES string of the molecule is O=C(NC(CCSCCOc1ccc(Cl)cc1)C(=O)O)OCC1c2ccccc2-c2ccccc21. The number of ether oxygens (including phenoxy) is 2. The number of benzene rings is 3. The number of alkyl carbamates (subject to hydrolysis) is 1. The monoisotopic (exact) mass is 511 g/mol. The molecule has 182 valence electrons. The maximum absolute atomic E-state index is 12.4. The second-order valence-corrected chi connectivity index (χ2v) is 9.73. The first-order valence-electron chi connectivity index (χ1n) is 11.3. The van der Waals surface area contributed by atoms with Crippen molar-refractivity contribution in [2.75, 3.05) is 24.7 Å². The van der Waals surface area contributed by atoms with Gasteiger partial charge in [-0.15, -0.1) is 0 Å². The van der Waals surface area contributed by atoms with Gasteiger partial charge < -0.3 is 19.9 Å². The highest BCUT2D eigenvalue weighted by atomic mass is 35.5. The van der Waals surface area contributed by atoms with Gasteiger partial charge >= 0.3 is 12.1 Å². The van der Waals surface area contributed by atoms with Crippen LogP contribution in [-0.2, 0) is 9.53 Å². The van der Waals surface area contributed by atoms with E-state index in [2.05, 4.69) is 17.4 Å². The van der Waals surface area contributed by atoms with Gasteiger partial charge in [0.15, 0.2) is 0 Å². The highest BCUT2D eigenvalue weighted by Crippen LogP contribution is 2.44. The smallest absolute Gasteiger partial charge is 0.407 e. The van der Waals surface area contributed by atoms with Crippen molar-refractivity contribution in [3.8, 4) is 16.9 Å². The Kier molecular flexibility index (Phi) is 8.55. The third-order valence-corrected chi connectivity index (χ3v) is 7.03. The number of carbonyl (C=O) groups excluding carboxylic acids is 1. The first-order chi connectivity index (χ1) is 17.0. The number of aliphatic carboxylic acids is 1. The molecule has 3 aromatic carbocycles. The van der Waals surface area contributed by atoms with Crippen LogP contribution in [0.1, 0.15) is 23.5 Å². The number of carboxylic acid groups (broad SMARTS) is 1. The number of halogens is 1. The molecular weight excluding hydrogens is 486 g/mol. The van der Waals surface area contributed by atoms with E-state index in [1.165, 1.54) is 0 Å². The molecule has 1 amide bonds. The normalized spacial score (nSPS) is 12.9. The molecule has 1 atom stereocenters. The molecule has 0 bridgehead atoms. The van der Waals surface area contributed by atoms with E-state index in [0.29, 0.717) is 23.1 Å². The van der Waals surface area contributed by atoms with Crippen molar-refractivity contribution in [1.82, 2.24) is 5.32 Å². The fraction of sp³-hybridized carbons (Fsp3) is 0.259. The molecule has 1 aliphatic carbocycles. The van der Waals surface area contributed by atoms with Crippen molar-refractivity contribution >= 4 is 35.4 Å². The van der Waals surface area contributed by atoms with Crippen LogP contribution in [0.2, 0.25) is 5.02 Å². The highest BCUT2D eigenvalue weighted by molar-refractivity contribution is 7.99. The molecule has 0 aromatic heterocycles. The maximum Gasteiger partial charge on any atom is 0.407 e. The van der Waals surface area contributed by atoms with Crippen LogP contribution < -0.4 is 10.1 Å². The van der Waals surface area contributed by atoms with Gasteiger partial charge in [-0.05, 0) is 58.7 Å². The third-order valence-electron chi connectivity index (χ3n) is 5.79. The summed E-state index contributed by atoms with van der Waals surface area (Å²) in [5.74, 6) is 0.823. The molecule has 4 rings (SSSR count). The molecule has 2 N–H and O–H groups in total. The van der Waals surface area contributed by atoms with Crippen LogP contribution >= 0.6 is 23.4 Å². The van der Waals surface area contributed by atoms with E-state index in [9.17, 15) is 14.7 Å². The van der Waals surface area contributed by atoms with Crippen molar-refractivity contribution in [2.24, 2.45) is 0 Å². The fourth-order valence-corrected chi connectivity index (χ4v) is 5.03. The maximum atomic E-state index is 12.4. The van der Waals surface area contributed by atoms with E-state index < -0.39 is 18.1 Å². The average molecular weight is 512 g/mol. The lowest BCUT2D eigenvalue weighted by Crippen LogP contribution is -2.41. The van der Waals surface area contributed by atoms with E-state index >= 15 is 0 Å². The number of hydrogen-bond donors (Lipinski definition) is 2. The van der Waals surface area contributed by atoms with Gasteiger partial charge in [-0.3, -0.25) is 0 Å². The lowest BCUT2D eigenvalue weighted by Gasteiger charge is -2.17. The number of fused-ring (bicyclic) bond motifs is 3. The molecule has 6 nitrogen and oxygen atoms in total. The Morgan fingerprint density at radius 1 is 0.943 bits per heavy atom. The third kappa shape index (κ3) is 6.50. The van der Waals surface area contributed by atoms with E-state index in [-0.39, 0.29) is 18.9 Å². The van der Waals surface area contributed by atoms with E-state index in [0.717, 1.165) is 28.0 Å². The van der Waals surface area contributed by atoms with Gasteiger partial charge in [0.1, 0.15) is 18.4 Å². The molecular formula is C27H26ClNO5S. The van der Waals surface area contributed by atoms with Crippen LogP contribution in [0.5, 0.6) is 5.75 Å². The fourth-order valence-electron chi connectivity index (χ4n) is 4.09. The number of nitrogens with one attached hydrogen (secondary N) is 1. The number of thioether (sulfide) groups is 1. The van der Waals surface area contributed by atoms with E-state index in [4.69, 9.17) is 21.1 Å². The Balaban J connectivity index is 1.21. The van der Waals surface area contributed by atoms with Gasteiger partial charge in [0, 0.05) is 16.7 Å². The molecule has 1 aliphatic rings. The number of carboxylic acids is 1. The topological polar surface area (TPSA) is 84.9 Å². The number of rotatable bonds is 11. The van der Waals surface area contributed by atoms with Gasteiger partial charge in [0.25, 0.3) is 0 Å². The minimum atomic E-state index is -1.09. The summed E-state index contributed by atoms with van der Waals surface area (Å²) in [6.45, 7) is 0.632.